The van der Waals surface area contributed by atoms with E-state index in [2.05, 4.69) is 0 Å². The molecule has 0 atom stereocenters. The topological polar surface area (TPSA) is 66.9 Å². The number of amides is 1. The highest BCUT2D eigenvalue weighted by atomic mass is 32.2. The third-order valence-corrected chi connectivity index (χ3v) is 7.53. The molecule has 7 heteroatoms. The molecular formula is C20H30N2O4S. The van der Waals surface area contributed by atoms with Crippen LogP contribution in [0.5, 0.6) is 0 Å². The number of carbonyl (C=O) groups is 1. The molecule has 0 bridgehead atoms. The van der Waals surface area contributed by atoms with Crippen molar-refractivity contribution in [2.45, 2.75) is 43.4 Å². The zero-order valence-electron chi connectivity index (χ0n) is 16.1. The Kier molecular flexibility index (Phi) is 6.89. The summed E-state index contributed by atoms with van der Waals surface area (Å²) in [4.78, 5) is 14.7. The van der Waals surface area contributed by atoms with E-state index in [4.69, 9.17) is 4.74 Å². The quantitative estimate of drug-likeness (QED) is 0.744. The molecule has 2 fully saturated rings. The van der Waals surface area contributed by atoms with Gasteiger partial charge >= 0.3 is 0 Å². The fraction of sp³-hybridized carbons (Fsp3) is 0.650. The van der Waals surface area contributed by atoms with Crippen LogP contribution in [0.15, 0.2) is 29.2 Å². The van der Waals surface area contributed by atoms with Gasteiger partial charge in [-0.2, -0.15) is 4.31 Å². The second kappa shape index (κ2) is 9.17. The number of benzene rings is 1. The van der Waals surface area contributed by atoms with E-state index in [9.17, 15) is 13.2 Å². The number of ether oxygens (including phenoxy) is 1. The molecule has 2 aliphatic rings. The normalized spacial score (nSPS) is 19.7. The van der Waals surface area contributed by atoms with Gasteiger partial charge in [0.1, 0.15) is 0 Å². The maximum Gasteiger partial charge on any atom is 0.253 e. The molecule has 0 radical (unpaired) electrons. The summed E-state index contributed by atoms with van der Waals surface area (Å²) >= 11 is 0. The van der Waals surface area contributed by atoms with Crippen molar-refractivity contribution in [2.24, 2.45) is 5.92 Å². The van der Waals surface area contributed by atoms with Crippen LogP contribution in [0.25, 0.3) is 0 Å². The van der Waals surface area contributed by atoms with Crippen LogP contribution >= 0.6 is 0 Å². The van der Waals surface area contributed by atoms with Crippen LogP contribution in [-0.4, -0.2) is 63.4 Å². The Morgan fingerprint density at radius 1 is 1.19 bits per heavy atom. The lowest BCUT2D eigenvalue weighted by molar-refractivity contribution is 0.0730. The van der Waals surface area contributed by atoms with Crippen molar-refractivity contribution in [1.29, 1.82) is 0 Å². The van der Waals surface area contributed by atoms with E-state index in [1.54, 1.807) is 30.1 Å². The van der Waals surface area contributed by atoms with Gasteiger partial charge in [0.2, 0.25) is 10.0 Å². The second-order valence-corrected chi connectivity index (χ2v) is 9.50. The molecule has 1 amide bonds. The first-order chi connectivity index (χ1) is 13.0. The van der Waals surface area contributed by atoms with Gasteiger partial charge in [0.15, 0.2) is 0 Å². The minimum absolute atomic E-state index is 0.121. The molecule has 1 aromatic rings. The average Bonchev–Trinajstić information content (AvgIpc) is 2.73. The molecule has 27 heavy (non-hydrogen) atoms. The van der Waals surface area contributed by atoms with Crippen LogP contribution < -0.4 is 0 Å². The fourth-order valence-corrected chi connectivity index (χ4v) is 5.35. The molecule has 3 rings (SSSR count). The summed E-state index contributed by atoms with van der Waals surface area (Å²) in [5.74, 6) is 0.590. The summed E-state index contributed by atoms with van der Waals surface area (Å²) in [6.07, 6.45) is 7.46. The Morgan fingerprint density at radius 2 is 1.89 bits per heavy atom. The van der Waals surface area contributed by atoms with Crippen molar-refractivity contribution in [2.75, 3.05) is 39.9 Å². The highest BCUT2D eigenvalue weighted by molar-refractivity contribution is 7.89. The summed E-state index contributed by atoms with van der Waals surface area (Å²) in [7, 11) is -1.79. The number of carbonyl (C=O) groups excluding carboxylic acids is 1. The minimum atomic E-state index is -3.59. The van der Waals surface area contributed by atoms with Gasteiger partial charge in [-0.1, -0.05) is 38.2 Å². The molecule has 1 aromatic carbocycles. The van der Waals surface area contributed by atoms with Crippen molar-refractivity contribution >= 4 is 15.9 Å². The fourth-order valence-electron chi connectivity index (χ4n) is 3.90. The smallest absolute Gasteiger partial charge is 0.253 e. The van der Waals surface area contributed by atoms with Gasteiger partial charge in [0.05, 0.1) is 18.1 Å². The predicted molar refractivity (Wildman–Crippen MR) is 104 cm³/mol. The van der Waals surface area contributed by atoms with Gasteiger partial charge in [0, 0.05) is 32.2 Å². The first-order valence-electron chi connectivity index (χ1n) is 9.92. The lowest BCUT2D eigenvalue weighted by Crippen LogP contribution is -2.40. The lowest BCUT2D eigenvalue weighted by Gasteiger charge is -2.26. The number of hydrogen-bond acceptors (Lipinski definition) is 4. The Labute approximate surface area is 162 Å². The number of hydrogen-bond donors (Lipinski definition) is 0. The van der Waals surface area contributed by atoms with Crippen LogP contribution in [0.2, 0.25) is 0 Å². The van der Waals surface area contributed by atoms with E-state index < -0.39 is 10.0 Å². The molecule has 1 saturated heterocycles. The molecule has 0 N–H and O–H groups in total. The molecule has 1 heterocycles. The molecule has 0 unspecified atom stereocenters. The Bertz CT molecular complexity index is 738. The highest BCUT2D eigenvalue weighted by Gasteiger charge is 2.27. The summed E-state index contributed by atoms with van der Waals surface area (Å²) in [6, 6.07) is 6.40. The Balaban J connectivity index is 1.65. The maximum atomic E-state index is 12.8. The van der Waals surface area contributed by atoms with Gasteiger partial charge in [-0.15, -0.1) is 0 Å². The van der Waals surface area contributed by atoms with E-state index in [-0.39, 0.29) is 10.8 Å². The van der Waals surface area contributed by atoms with E-state index in [1.165, 1.54) is 42.5 Å². The zero-order chi connectivity index (χ0) is 19.3. The van der Waals surface area contributed by atoms with E-state index in [0.717, 1.165) is 6.42 Å². The summed E-state index contributed by atoms with van der Waals surface area (Å²) in [5.41, 5.74) is 0.426. The molecule has 1 saturated carbocycles. The van der Waals surface area contributed by atoms with Gasteiger partial charge < -0.3 is 9.64 Å². The summed E-state index contributed by atoms with van der Waals surface area (Å²) in [5, 5.41) is 0. The first kappa shape index (κ1) is 20.3. The zero-order valence-corrected chi connectivity index (χ0v) is 16.9. The van der Waals surface area contributed by atoms with Gasteiger partial charge in [-0.3, -0.25) is 4.79 Å². The van der Waals surface area contributed by atoms with Crippen molar-refractivity contribution in [3.63, 3.8) is 0 Å². The van der Waals surface area contributed by atoms with Crippen molar-refractivity contribution in [3.8, 4) is 0 Å². The number of morpholine rings is 1. The third-order valence-electron chi connectivity index (χ3n) is 5.63. The number of sulfonamides is 1. The van der Waals surface area contributed by atoms with Crippen LogP contribution in [-0.2, 0) is 14.8 Å². The van der Waals surface area contributed by atoms with Gasteiger partial charge in [0.25, 0.3) is 5.91 Å². The van der Waals surface area contributed by atoms with Crippen molar-refractivity contribution < 1.29 is 17.9 Å². The van der Waals surface area contributed by atoms with Crippen molar-refractivity contribution in [1.82, 2.24) is 9.21 Å². The largest absolute Gasteiger partial charge is 0.379 e. The van der Waals surface area contributed by atoms with Gasteiger partial charge in [-0.25, -0.2) is 8.42 Å². The van der Waals surface area contributed by atoms with Crippen LogP contribution in [0.4, 0.5) is 0 Å². The minimum Gasteiger partial charge on any atom is -0.379 e. The van der Waals surface area contributed by atoms with Crippen molar-refractivity contribution in [3.05, 3.63) is 29.8 Å². The molecular weight excluding hydrogens is 364 g/mol. The SMILES string of the molecule is CN(CCC1CCCCC1)C(=O)c1cccc(S(=O)(=O)N2CCOCC2)c1. The molecule has 0 spiro atoms. The summed E-state index contributed by atoms with van der Waals surface area (Å²) in [6.45, 7) is 2.22. The van der Waals surface area contributed by atoms with E-state index >= 15 is 0 Å². The van der Waals surface area contributed by atoms with Crippen LogP contribution in [0, 0.1) is 5.92 Å². The Morgan fingerprint density at radius 3 is 2.59 bits per heavy atom. The molecule has 150 valence electrons. The second-order valence-electron chi connectivity index (χ2n) is 7.56. The third kappa shape index (κ3) is 5.09. The average molecular weight is 395 g/mol. The molecule has 1 aliphatic carbocycles. The number of rotatable bonds is 6. The molecule has 1 aliphatic heterocycles. The molecule has 0 aromatic heterocycles. The van der Waals surface area contributed by atoms with Crippen LogP contribution in [0.3, 0.4) is 0 Å². The Hall–Kier alpha value is -1.44. The summed E-state index contributed by atoms with van der Waals surface area (Å²) < 4.78 is 32.3. The van der Waals surface area contributed by atoms with Crippen LogP contribution in [0.1, 0.15) is 48.9 Å². The number of nitrogens with zero attached hydrogens (tertiary/aromatic N) is 2. The lowest BCUT2D eigenvalue weighted by atomic mass is 9.87. The first-order valence-corrected chi connectivity index (χ1v) is 11.4. The van der Waals surface area contributed by atoms with Gasteiger partial charge in [-0.05, 0) is 30.5 Å². The highest BCUT2D eigenvalue weighted by Crippen LogP contribution is 2.26. The maximum absolute atomic E-state index is 12.8. The van der Waals surface area contributed by atoms with E-state index in [1.807, 2.05) is 0 Å². The van der Waals surface area contributed by atoms with E-state index in [0.29, 0.717) is 44.3 Å². The standard InChI is InChI=1S/C20H30N2O4S/c1-21(11-10-17-6-3-2-4-7-17)20(23)18-8-5-9-19(16-18)27(24,25)22-12-14-26-15-13-22/h5,8-9,16-17H,2-4,6-7,10-15H2,1H3. The predicted octanol–water partition coefficient (Wildman–Crippen LogP) is 2.75. The molecule has 6 nitrogen and oxygen atoms in total. The monoisotopic (exact) mass is 394 g/mol.